The molecule has 0 saturated heterocycles. The molecule has 0 aliphatic heterocycles. The quantitative estimate of drug-likeness (QED) is 0.883. The second kappa shape index (κ2) is 4.57. The highest BCUT2D eigenvalue weighted by atomic mass is 16.1. The first-order chi connectivity index (χ1) is 9.75. The van der Waals surface area contributed by atoms with E-state index in [0.29, 0.717) is 12.3 Å². The first-order valence-corrected chi connectivity index (χ1v) is 7.92. The maximum absolute atomic E-state index is 12.4. The van der Waals surface area contributed by atoms with E-state index in [-0.39, 0.29) is 11.4 Å². The van der Waals surface area contributed by atoms with E-state index in [0.717, 1.165) is 36.9 Å². The number of fused-ring (bicyclic) bond motifs is 2. The van der Waals surface area contributed by atoms with Gasteiger partial charge in [-0.25, -0.2) is 4.98 Å². The smallest absolute Gasteiger partial charge is 0.221 e. The second-order valence-corrected chi connectivity index (χ2v) is 6.96. The summed E-state index contributed by atoms with van der Waals surface area (Å²) < 4.78 is 0. The van der Waals surface area contributed by atoms with Crippen LogP contribution in [0, 0.1) is 17.8 Å². The number of hydrogen-bond donors (Lipinski definition) is 2. The van der Waals surface area contributed by atoms with Gasteiger partial charge in [0.05, 0.1) is 5.54 Å². The molecule has 20 heavy (non-hydrogen) atoms. The van der Waals surface area contributed by atoms with E-state index in [1.165, 1.54) is 32.0 Å². The molecule has 2 N–H and O–H groups in total. The largest absolute Gasteiger partial charge is 0.343 e. The van der Waals surface area contributed by atoms with Crippen molar-refractivity contribution < 1.29 is 4.79 Å². The highest BCUT2D eigenvalue weighted by Gasteiger charge is 2.44. The summed E-state index contributed by atoms with van der Waals surface area (Å²) in [6, 6.07) is 0. The number of hydrogen-bond acceptors (Lipinski definition) is 3. The van der Waals surface area contributed by atoms with E-state index in [2.05, 4.69) is 20.5 Å². The third-order valence-corrected chi connectivity index (χ3v) is 5.79. The Hall–Kier alpha value is -1.39. The van der Waals surface area contributed by atoms with E-state index in [1.54, 1.807) is 0 Å². The summed E-state index contributed by atoms with van der Waals surface area (Å²) >= 11 is 0. The molecule has 5 heteroatoms. The zero-order valence-corrected chi connectivity index (χ0v) is 11.8. The molecule has 0 radical (unpaired) electrons. The van der Waals surface area contributed by atoms with Crippen LogP contribution in [0.1, 0.15) is 57.2 Å². The van der Waals surface area contributed by atoms with Gasteiger partial charge in [-0.3, -0.25) is 9.89 Å². The minimum absolute atomic E-state index is 0.207. The number of H-pyrrole nitrogens is 1. The van der Waals surface area contributed by atoms with Crippen LogP contribution in [0.5, 0.6) is 0 Å². The van der Waals surface area contributed by atoms with Gasteiger partial charge in [0.2, 0.25) is 5.91 Å². The van der Waals surface area contributed by atoms with Crippen LogP contribution in [0.25, 0.3) is 0 Å². The monoisotopic (exact) mass is 274 g/mol. The van der Waals surface area contributed by atoms with Gasteiger partial charge in [-0.15, -0.1) is 0 Å². The van der Waals surface area contributed by atoms with Gasteiger partial charge in [0, 0.05) is 6.42 Å². The van der Waals surface area contributed by atoms with Crippen LogP contribution in [-0.2, 0) is 10.3 Å². The Labute approximate surface area is 118 Å². The van der Waals surface area contributed by atoms with Crippen LogP contribution in [-0.4, -0.2) is 21.1 Å². The topological polar surface area (TPSA) is 70.7 Å². The van der Waals surface area contributed by atoms with Gasteiger partial charge in [0.15, 0.2) is 0 Å². The lowest BCUT2D eigenvalue weighted by molar-refractivity contribution is -0.125. The molecule has 3 atom stereocenters. The standard InChI is InChI=1S/C15H22N4O/c20-13(8-12-7-10-2-3-11(12)6-10)18-15(4-1-5-15)14-16-9-17-19-14/h9-12H,1-8H2,(H,18,20)(H,16,17,19). The Balaban J connectivity index is 1.40. The fourth-order valence-electron chi connectivity index (χ4n) is 4.57. The molecule has 1 amide bonds. The molecule has 3 fully saturated rings. The molecule has 1 heterocycles. The summed E-state index contributed by atoms with van der Waals surface area (Å²) in [7, 11) is 0. The molecule has 1 aromatic heterocycles. The van der Waals surface area contributed by atoms with E-state index < -0.39 is 0 Å². The van der Waals surface area contributed by atoms with Crippen molar-refractivity contribution in [1.29, 1.82) is 0 Å². The van der Waals surface area contributed by atoms with Crippen LogP contribution in [0.3, 0.4) is 0 Å². The molecule has 3 aliphatic rings. The number of rotatable bonds is 4. The molecule has 3 unspecified atom stereocenters. The zero-order chi connectivity index (χ0) is 13.6. The maximum Gasteiger partial charge on any atom is 0.221 e. The summed E-state index contributed by atoms with van der Waals surface area (Å²) in [5.41, 5.74) is -0.259. The lowest BCUT2D eigenvalue weighted by Crippen LogP contribution is -2.52. The lowest BCUT2D eigenvalue weighted by Gasteiger charge is -2.40. The number of amides is 1. The molecule has 3 aliphatic carbocycles. The number of carbonyl (C=O) groups is 1. The van der Waals surface area contributed by atoms with Gasteiger partial charge in [0.25, 0.3) is 0 Å². The zero-order valence-electron chi connectivity index (χ0n) is 11.8. The number of nitrogens with zero attached hydrogens (tertiary/aromatic N) is 2. The van der Waals surface area contributed by atoms with Crippen LogP contribution >= 0.6 is 0 Å². The van der Waals surface area contributed by atoms with Gasteiger partial charge in [-0.2, -0.15) is 5.10 Å². The fourth-order valence-corrected chi connectivity index (χ4v) is 4.57. The molecule has 0 spiro atoms. The third kappa shape index (κ3) is 1.95. The van der Waals surface area contributed by atoms with Crippen LogP contribution < -0.4 is 5.32 Å². The molecule has 0 aromatic carbocycles. The first kappa shape index (κ1) is 12.4. The van der Waals surface area contributed by atoms with Crippen LogP contribution in [0.4, 0.5) is 0 Å². The average molecular weight is 274 g/mol. The summed E-state index contributed by atoms with van der Waals surface area (Å²) in [4.78, 5) is 16.7. The predicted octanol–water partition coefficient (Wildman–Crippen LogP) is 2.13. The van der Waals surface area contributed by atoms with E-state index >= 15 is 0 Å². The van der Waals surface area contributed by atoms with E-state index in [1.807, 2.05) is 0 Å². The molecule has 4 rings (SSSR count). The van der Waals surface area contributed by atoms with Gasteiger partial charge >= 0.3 is 0 Å². The SMILES string of the molecule is O=C(CC1CC2CCC1C2)NC1(c2ncn[nH]2)CCC1. The Bertz CT molecular complexity index is 494. The number of nitrogens with one attached hydrogen (secondary N) is 2. The minimum Gasteiger partial charge on any atom is -0.343 e. The molecule has 5 nitrogen and oxygen atoms in total. The predicted molar refractivity (Wildman–Crippen MR) is 73.6 cm³/mol. The van der Waals surface area contributed by atoms with Crippen molar-refractivity contribution in [2.45, 2.75) is 56.9 Å². The average Bonchev–Trinajstić information content (AvgIpc) is 3.10. The second-order valence-electron chi connectivity index (χ2n) is 6.96. The third-order valence-electron chi connectivity index (χ3n) is 5.79. The highest BCUT2D eigenvalue weighted by molar-refractivity contribution is 5.77. The summed E-state index contributed by atoms with van der Waals surface area (Å²) in [5, 5.41) is 10.1. The van der Waals surface area contributed by atoms with Gasteiger partial charge in [-0.1, -0.05) is 6.42 Å². The number of aromatic amines is 1. The number of carbonyl (C=O) groups excluding carboxylic acids is 1. The van der Waals surface area contributed by atoms with E-state index in [4.69, 9.17) is 0 Å². The van der Waals surface area contributed by atoms with Crippen molar-refractivity contribution in [3.8, 4) is 0 Å². The Morgan fingerprint density at radius 1 is 1.40 bits per heavy atom. The first-order valence-electron chi connectivity index (χ1n) is 7.92. The minimum atomic E-state index is -0.259. The Morgan fingerprint density at radius 2 is 2.30 bits per heavy atom. The highest BCUT2D eigenvalue weighted by Crippen LogP contribution is 2.49. The summed E-state index contributed by atoms with van der Waals surface area (Å²) in [6.07, 6.45) is 10.7. The van der Waals surface area contributed by atoms with Gasteiger partial charge in [-0.05, 0) is 56.3 Å². The fraction of sp³-hybridized carbons (Fsp3) is 0.800. The Morgan fingerprint density at radius 3 is 2.85 bits per heavy atom. The van der Waals surface area contributed by atoms with Crippen molar-refractivity contribution in [3.05, 3.63) is 12.2 Å². The van der Waals surface area contributed by atoms with Crippen molar-refractivity contribution in [1.82, 2.24) is 20.5 Å². The van der Waals surface area contributed by atoms with Crippen molar-refractivity contribution in [2.75, 3.05) is 0 Å². The van der Waals surface area contributed by atoms with Crippen molar-refractivity contribution in [2.24, 2.45) is 17.8 Å². The van der Waals surface area contributed by atoms with Crippen molar-refractivity contribution in [3.63, 3.8) is 0 Å². The van der Waals surface area contributed by atoms with Crippen molar-refractivity contribution >= 4 is 5.91 Å². The summed E-state index contributed by atoms with van der Waals surface area (Å²) in [5.74, 6) is 3.38. The van der Waals surface area contributed by atoms with E-state index in [9.17, 15) is 4.79 Å². The molecule has 3 saturated carbocycles. The lowest BCUT2D eigenvalue weighted by atomic mass is 9.75. The summed E-state index contributed by atoms with van der Waals surface area (Å²) in [6.45, 7) is 0. The Kier molecular flexibility index (Phi) is 2.82. The van der Waals surface area contributed by atoms with Crippen LogP contribution in [0.15, 0.2) is 6.33 Å². The molecular formula is C15H22N4O. The maximum atomic E-state index is 12.4. The number of aromatic nitrogens is 3. The molecule has 108 valence electrons. The van der Waals surface area contributed by atoms with Gasteiger partial charge in [0.1, 0.15) is 12.2 Å². The molecular weight excluding hydrogens is 252 g/mol. The van der Waals surface area contributed by atoms with Crippen LogP contribution in [0.2, 0.25) is 0 Å². The normalized spacial score (nSPS) is 33.9. The molecule has 1 aromatic rings. The molecule has 2 bridgehead atoms. The van der Waals surface area contributed by atoms with Gasteiger partial charge < -0.3 is 5.32 Å².